The number of hydrogen-bond acceptors (Lipinski definition) is 5. The van der Waals surface area contributed by atoms with Gasteiger partial charge in [-0.15, -0.1) is 0 Å². The second kappa shape index (κ2) is 9.81. The molecule has 0 aromatic heterocycles. The molecule has 5 nitrogen and oxygen atoms in total. The topological polar surface area (TPSA) is 104 Å². The Labute approximate surface area is 121 Å². The standard InChI is InChI=1S/C9H21N3O2.Ca.2H/c1-2-14-8(13)6-4-3-5-7-9(10,11)12;;;/h2-7,10-12H2,1H3;;;. The molecule has 0 aliphatic rings. The van der Waals surface area contributed by atoms with E-state index in [-0.39, 0.29) is 43.7 Å². The van der Waals surface area contributed by atoms with Crippen LogP contribution >= 0.6 is 0 Å². The van der Waals surface area contributed by atoms with Gasteiger partial charge in [-0.3, -0.25) is 4.79 Å². The maximum atomic E-state index is 10.9. The molecule has 0 unspecified atom stereocenters. The molecule has 0 spiro atoms. The molecule has 15 heavy (non-hydrogen) atoms. The van der Waals surface area contributed by atoms with Crippen molar-refractivity contribution in [1.29, 1.82) is 0 Å². The fraction of sp³-hybridized carbons (Fsp3) is 0.889. The first-order chi connectivity index (χ1) is 6.45. The predicted octanol–water partition coefficient (Wildman–Crippen LogP) is -0.886. The van der Waals surface area contributed by atoms with Crippen molar-refractivity contribution in [2.75, 3.05) is 6.61 Å². The van der Waals surface area contributed by atoms with Crippen LogP contribution in [0.4, 0.5) is 0 Å². The van der Waals surface area contributed by atoms with Crippen molar-refractivity contribution in [2.45, 2.75) is 44.8 Å². The van der Waals surface area contributed by atoms with Crippen molar-refractivity contribution in [3.8, 4) is 0 Å². The molecule has 0 saturated heterocycles. The van der Waals surface area contributed by atoms with Crippen LogP contribution < -0.4 is 17.2 Å². The van der Waals surface area contributed by atoms with Crippen LogP contribution in [-0.4, -0.2) is 56.1 Å². The van der Waals surface area contributed by atoms with E-state index >= 15 is 0 Å². The Morgan fingerprint density at radius 1 is 1.20 bits per heavy atom. The minimum atomic E-state index is -1.08. The molecular formula is C9H23CaN3O2. The maximum absolute atomic E-state index is 10.9. The molecule has 0 rings (SSSR count). The van der Waals surface area contributed by atoms with Crippen LogP contribution in [0.2, 0.25) is 0 Å². The first-order valence-electron chi connectivity index (χ1n) is 4.98. The number of rotatable bonds is 7. The molecule has 0 aromatic carbocycles. The SMILES string of the molecule is CCOC(=O)CCCCCC(N)(N)N.[CaH2]. The van der Waals surface area contributed by atoms with E-state index in [4.69, 9.17) is 21.9 Å². The molecule has 0 atom stereocenters. The third kappa shape index (κ3) is 14.6. The zero-order valence-electron chi connectivity index (χ0n) is 8.79. The van der Waals surface area contributed by atoms with Gasteiger partial charge in [0.2, 0.25) is 0 Å². The predicted molar refractivity (Wildman–Crippen MR) is 63.6 cm³/mol. The first-order valence-corrected chi connectivity index (χ1v) is 4.98. The van der Waals surface area contributed by atoms with Crippen molar-refractivity contribution < 1.29 is 9.53 Å². The van der Waals surface area contributed by atoms with Crippen LogP contribution in [0.1, 0.15) is 39.0 Å². The van der Waals surface area contributed by atoms with Crippen molar-refractivity contribution in [2.24, 2.45) is 17.2 Å². The summed E-state index contributed by atoms with van der Waals surface area (Å²) in [7, 11) is 0. The number of ether oxygens (including phenoxy) is 1. The van der Waals surface area contributed by atoms with Gasteiger partial charge in [0, 0.05) is 6.42 Å². The van der Waals surface area contributed by atoms with Crippen LogP contribution in [0.3, 0.4) is 0 Å². The van der Waals surface area contributed by atoms with Gasteiger partial charge >= 0.3 is 43.7 Å². The molecule has 0 saturated carbocycles. The molecule has 6 N–H and O–H groups in total. The summed E-state index contributed by atoms with van der Waals surface area (Å²) in [5, 5.41) is 0. The van der Waals surface area contributed by atoms with Crippen LogP contribution in [0, 0.1) is 0 Å². The van der Waals surface area contributed by atoms with Crippen molar-refractivity contribution in [1.82, 2.24) is 0 Å². The zero-order chi connectivity index (χ0) is 11.0. The summed E-state index contributed by atoms with van der Waals surface area (Å²) < 4.78 is 4.78. The Balaban J connectivity index is 0. The van der Waals surface area contributed by atoms with Gasteiger partial charge in [0.05, 0.1) is 6.61 Å². The van der Waals surface area contributed by atoms with Gasteiger partial charge in [0.1, 0.15) is 5.79 Å². The second-order valence-corrected chi connectivity index (χ2v) is 3.48. The third-order valence-corrected chi connectivity index (χ3v) is 1.80. The molecule has 0 radical (unpaired) electrons. The quantitative estimate of drug-likeness (QED) is 0.234. The average Bonchev–Trinajstić information content (AvgIpc) is 2.02. The fourth-order valence-corrected chi connectivity index (χ4v) is 1.11. The van der Waals surface area contributed by atoms with E-state index in [1.165, 1.54) is 0 Å². The number of hydrogen-bond donors (Lipinski definition) is 3. The van der Waals surface area contributed by atoms with Gasteiger partial charge in [-0.05, 0) is 26.2 Å². The number of unbranched alkanes of at least 4 members (excludes halogenated alkanes) is 2. The molecule has 0 fully saturated rings. The Kier molecular flexibility index (Phi) is 11.8. The summed E-state index contributed by atoms with van der Waals surface area (Å²) in [6, 6.07) is 0. The van der Waals surface area contributed by atoms with Crippen LogP contribution in [0.25, 0.3) is 0 Å². The molecule has 0 bridgehead atoms. The molecular weight excluding hydrogens is 222 g/mol. The van der Waals surface area contributed by atoms with Crippen LogP contribution in [-0.2, 0) is 9.53 Å². The number of nitrogens with two attached hydrogens (primary N) is 3. The van der Waals surface area contributed by atoms with Crippen LogP contribution in [0.15, 0.2) is 0 Å². The van der Waals surface area contributed by atoms with Crippen molar-refractivity contribution >= 4 is 43.7 Å². The molecule has 6 heteroatoms. The Bertz CT molecular complexity index is 171. The number of esters is 1. The molecule has 0 heterocycles. The summed E-state index contributed by atoms with van der Waals surface area (Å²) in [5.74, 6) is -1.23. The zero-order valence-corrected chi connectivity index (χ0v) is 8.79. The Morgan fingerprint density at radius 3 is 2.27 bits per heavy atom. The van der Waals surface area contributed by atoms with Crippen LogP contribution in [0.5, 0.6) is 0 Å². The van der Waals surface area contributed by atoms with E-state index in [0.29, 0.717) is 19.4 Å². The van der Waals surface area contributed by atoms with E-state index in [1.807, 2.05) is 0 Å². The molecule has 0 amide bonds. The van der Waals surface area contributed by atoms with E-state index in [0.717, 1.165) is 19.3 Å². The molecule has 0 aliphatic carbocycles. The normalized spacial score (nSPS) is 10.7. The first kappa shape index (κ1) is 18.0. The Morgan fingerprint density at radius 2 is 1.80 bits per heavy atom. The van der Waals surface area contributed by atoms with Gasteiger partial charge in [-0.1, -0.05) is 6.42 Å². The van der Waals surface area contributed by atoms with E-state index < -0.39 is 5.79 Å². The number of carbonyl (C=O) groups excluding carboxylic acids is 1. The van der Waals surface area contributed by atoms with Crippen molar-refractivity contribution in [3.63, 3.8) is 0 Å². The average molecular weight is 245 g/mol. The molecule has 0 aromatic rings. The Hall–Kier alpha value is 0.610. The van der Waals surface area contributed by atoms with Crippen molar-refractivity contribution in [3.05, 3.63) is 0 Å². The summed E-state index contributed by atoms with van der Waals surface area (Å²) in [6.07, 6.45) is 3.56. The second-order valence-electron chi connectivity index (χ2n) is 3.48. The van der Waals surface area contributed by atoms with E-state index in [1.54, 1.807) is 6.92 Å². The summed E-state index contributed by atoms with van der Waals surface area (Å²) in [4.78, 5) is 10.9. The van der Waals surface area contributed by atoms with Gasteiger partial charge in [0.25, 0.3) is 0 Å². The molecule has 88 valence electrons. The van der Waals surface area contributed by atoms with E-state index in [9.17, 15) is 4.79 Å². The van der Waals surface area contributed by atoms with E-state index in [2.05, 4.69) is 0 Å². The fourth-order valence-electron chi connectivity index (χ4n) is 1.11. The summed E-state index contributed by atoms with van der Waals surface area (Å²) >= 11 is 0. The summed E-state index contributed by atoms with van der Waals surface area (Å²) in [6.45, 7) is 2.24. The molecule has 0 aliphatic heterocycles. The number of carbonyl (C=O) groups is 1. The van der Waals surface area contributed by atoms with Gasteiger partial charge in [-0.2, -0.15) is 0 Å². The van der Waals surface area contributed by atoms with Gasteiger partial charge < -0.3 is 21.9 Å². The minimum absolute atomic E-state index is 0. The van der Waals surface area contributed by atoms with Gasteiger partial charge in [0.15, 0.2) is 0 Å². The van der Waals surface area contributed by atoms with Gasteiger partial charge in [-0.25, -0.2) is 0 Å². The third-order valence-electron chi connectivity index (χ3n) is 1.80. The summed E-state index contributed by atoms with van der Waals surface area (Å²) in [5.41, 5.74) is 16.2. The monoisotopic (exact) mass is 245 g/mol.